The van der Waals surface area contributed by atoms with Crippen molar-refractivity contribution in [3.63, 3.8) is 0 Å². The number of carbonyl (C=O) groups excluding carboxylic acids is 1. The Balaban J connectivity index is 3.60. The minimum absolute atomic E-state index is 0.0925. The molecule has 0 amide bonds. The lowest BCUT2D eigenvalue weighted by molar-refractivity contribution is -0.154. The first-order chi connectivity index (χ1) is 21.4. The molecule has 0 fully saturated rings. The lowest BCUT2D eigenvalue weighted by atomic mass is 10.0. The maximum Gasteiger partial charge on any atom is 0.472 e. The Labute approximate surface area is 271 Å². The van der Waals surface area contributed by atoms with Crippen molar-refractivity contribution in [3.05, 3.63) is 0 Å². The number of rotatable bonds is 36. The van der Waals surface area contributed by atoms with Gasteiger partial charge >= 0.3 is 13.8 Å². The summed E-state index contributed by atoms with van der Waals surface area (Å²) in [4.78, 5) is 21.7. The van der Waals surface area contributed by atoms with E-state index in [9.17, 15) is 14.3 Å². The van der Waals surface area contributed by atoms with Crippen LogP contribution >= 0.6 is 7.82 Å². The van der Waals surface area contributed by atoms with Crippen LogP contribution in [0.2, 0.25) is 0 Å². The molecule has 0 bridgehead atoms. The Hall–Kier alpha value is -0.500. The molecule has 3 N–H and O–H groups in total. The molecule has 0 aliphatic heterocycles. The second-order valence-electron chi connectivity index (χ2n) is 12.5. The SMILES string of the molecule is CCCCCCCCCCCCCCCCCCCCCCCCCOCC(COP(=O)(O)OCCN)OC(=O)CCCC. The number of nitrogens with two attached hydrogens (primary N) is 1. The molecule has 8 nitrogen and oxygen atoms in total. The largest absolute Gasteiger partial charge is 0.472 e. The summed E-state index contributed by atoms with van der Waals surface area (Å²) in [5.74, 6) is -0.362. The highest BCUT2D eigenvalue weighted by molar-refractivity contribution is 7.47. The number of hydrogen-bond acceptors (Lipinski definition) is 7. The first-order valence-corrected chi connectivity index (χ1v) is 20.0. The summed E-state index contributed by atoms with van der Waals surface area (Å²) in [6, 6.07) is 0. The summed E-state index contributed by atoms with van der Waals surface area (Å²) in [6.45, 7) is 4.70. The van der Waals surface area contributed by atoms with Crippen LogP contribution in [0.15, 0.2) is 0 Å². The number of phosphoric ester groups is 1. The molecule has 0 spiro atoms. The van der Waals surface area contributed by atoms with E-state index in [1.54, 1.807) is 0 Å². The van der Waals surface area contributed by atoms with E-state index >= 15 is 0 Å². The molecule has 9 heteroatoms. The quantitative estimate of drug-likeness (QED) is 0.0391. The van der Waals surface area contributed by atoms with Crippen LogP contribution in [0.3, 0.4) is 0 Å². The topological polar surface area (TPSA) is 117 Å². The Morgan fingerprint density at radius 2 is 1.00 bits per heavy atom. The van der Waals surface area contributed by atoms with Gasteiger partial charge in [0.1, 0.15) is 6.10 Å². The molecule has 0 radical (unpaired) electrons. The van der Waals surface area contributed by atoms with E-state index in [4.69, 9.17) is 24.3 Å². The second kappa shape index (κ2) is 33.9. The molecule has 0 saturated carbocycles. The van der Waals surface area contributed by atoms with Crippen LogP contribution in [-0.4, -0.2) is 49.9 Å². The molecular formula is C35H72NO7P. The number of carbonyl (C=O) groups is 1. The molecule has 264 valence electrons. The van der Waals surface area contributed by atoms with Gasteiger partial charge in [-0.05, 0) is 12.8 Å². The maximum atomic E-state index is 12.0. The Bertz CT molecular complexity index is 653. The van der Waals surface area contributed by atoms with Crippen LogP contribution in [0.5, 0.6) is 0 Å². The van der Waals surface area contributed by atoms with Crippen molar-refractivity contribution < 1.29 is 32.8 Å². The fourth-order valence-electron chi connectivity index (χ4n) is 5.27. The third-order valence-corrected chi connectivity index (χ3v) is 9.01. The van der Waals surface area contributed by atoms with E-state index in [1.165, 1.54) is 135 Å². The minimum Gasteiger partial charge on any atom is -0.457 e. The fourth-order valence-corrected chi connectivity index (χ4v) is 6.03. The van der Waals surface area contributed by atoms with Gasteiger partial charge < -0.3 is 20.1 Å². The van der Waals surface area contributed by atoms with Crippen molar-refractivity contribution in [1.29, 1.82) is 0 Å². The number of hydrogen-bond donors (Lipinski definition) is 2. The Kier molecular flexibility index (Phi) is 33.5. The molecule has 0 heterocycles. The predicted molar refractivity (Wildman–Crippen MR) is 183 cm³/mol. The van der Waals surface area contributed by atoms with Crippen molar-refractivity contribution >= 4 is 13.8 Å². The highest BCUT2D eigenvalue weighted by Crippen LogP contribution is 2.43. The third kappa shape index (κ3) is 32.9. The third-order valence-electron chi connectivity index (χ3n) is 8.02. The van der Waals surface area contributed by atoms with E-state index in [2.05, 4.69) is 6.92 Å². The van der Waals surface area contributed by atoms with E-state index in [0.717, 1.165) is 25.7 Å². The van der Waals surface area contributed by atoms with Crippen LogP contribution in [0.25, 0.3) is 0 Å². The maximum absolute atomic E-state index is 12.0. The van der Waals surface area contributed by atoms with Crippen LogP contribution in [0.4, 0.5) is 0 Å². The van der Waals surface area contributed by atoms with Gasteiger partial charge in [0, 0.05) is 19.6 Å². The molecule has 0 aromatic rings. The smallest absolute Gasteiger partial charge is 0.457 e. The average molecular weight is 650 g/mol. The van der Waals surface area contributed by atoms with Gasteiger partial charge in [-0.2, -0.15) is 0 Å². The van der Waals surface area contributed by atoms with Gasteiger partial charge in [-0.25, -0.2) is 4.57 Å². The Morgan fingerprint density at radius 3 is 1.41 bits per heavy atom. The first-order valence-electron chi connectivity index (χ1n) is 18.5. The second-order valence-corrected chi connectivity index (χ2v) is 13.9. The molecular weight excluding hydrogens is 577 g/mol. The number of ether oxygens (including phenoxy) is 2. The summed E-state index contributed by atoms with van der Waals surface area (Å²) in [5, 5.41) is 0. The van der Waals surface area contributed by atoms with Gasteiger partial charge in [-0.1, -0.05) is 162 Å². The number of unbranched alkanes of at least 4 members (excludes halogenated alkanes) is 23. The highest BCUT2D eigenvalue weighted by Gasteiger charge is 2.25. The molecule has 0 aliphatic rings. The summed E-state index contributed by atoms with van der Waals surface area (Å²) >= 11 is 0. The van der Waals surface area contributed by atoms with Crippen LogP contribution in [0.1, 0.15) is 181 Å². The summed E-state index contributed by atoms with van der Waals surface area (Å²) < 4.78 is 32.7. The number of phosphoric acid groups is 1. The van der Waals surface area contributed by atoms with E-state index in [1.807, 2.05) is 6.92 Å². The fraction of sp³-hybridized carbons (Fsp3) is 0.971. The minimum atomic E-state index is -4.24. The number of esters is 1. The normalized spacial score (nSPS) is 13.6. The van der Waals surface area contributed by atoms with Gasteiger partial charge in [-0.15, -0.1) is 0 Å². The van der Waals surface area contributed by atoms with E-state index < -0.39 is 13.9 Å². The van der Waals surface area contributed by atoms with Crippen molar-refractivity contribution in [2.45, 2.75) is 187 Å². The van der Waals surface area contributed by atoms with E-state index in [-0.39, 0.29) is 32.3 Å². The first kappa shape index (κ1) is 43.5. The van der Waals surface area contributed by atoms with Gasteiger partial charge in [0.2, 0.25) is 0 Å². The zero-order valence-electron chi connectivity index (χ0n) is 28.9. The summed E-state index contributed by atoms with van der Waals surface area (Å²) in [7, 11) is -4.24. The van der Waals surface area contributed by atoms with Crippen molar-refractivity contribution in [1.82, 2.24) is 0 Å². The van der Waals surface area contributed by atoms with Crippen molar-refractivity contribution in [2.75, 3.05) is 33.0 Å². The molecule has 2 unspecified atom stereocenters. The lowest BCUT2D eigenvalue weighted by Crippen LogP contribution is -2.28. The molecule has 0 saturated heterocycles. The van der Waals surface area contributed by atoms with Gasteiger partial charge in [0.25, 0.3) is 0 Å². The zero-order chi connectivity index (χ0) is 32.4. The monoisotopic (exact) mass is 650 g/mol. The molecule has 0 aromatic heterocycles. The zero-order valence-corrected chi connectivity index (χ0v) is 29.8. The van der Waals surface area contributed by atoms with Crippen LogP contribution in [0, 0.1) is 0 Å². The summed E-state index contributed by atoms with van der Waals surface area (Å²) in [5.41, 5.74) is 5.30. The lowest BCUT2D eigenvalue weighted by Gasteiger charge is -2.20. The van der Waals surface area contributed by atoms with Gasteiger partial charge in [0.05, 0.1) is 19.8 Å². The van der Waals surface area contributed by atoms with Crippen LogP contribution in [-0.2, 0) is 27.9 Å². The van der Waals surface area contributed by atoms with Gasteiger partial charge in [-0.3, -0.25) is 13.8 Å². The van der Waals surface area contributed by atoms with Crippen molar-refractivity contribution in [2.24, 2.45) is 5.73 Å². The standard InChI is InChI=1S/C35H72NO7P/c1-3-5-7-8-9-10-11-12-13-14-15-16-17-18-19-20-21-22-23-24-25-26-27-30-40-32-34(43-35(37)28-6-4-2)33-42-44(38,39)41-31-29-36/h34H,3-33,36H2,1-2H3,(H,38,39). The molecule has 0 aliphatic carbocycles. The molecule has 0 aromatic carbocycles. The molecule has 0 rings (SSSR count). The highest BCUT2D eigenvalue weighted by atomic mass is 31.2. The average Bonchev–Trinajstić information content (AvgIpc) is 3.01. The Morgan fingerprint density at radius 1 is 0.591 bits per heavy atom. The summed E-state index contributed by atoms with van der Waals surface area (Å²) in [6.07, 6.45) is 32.4. The van der Waals surface area contributed by atoms with Crippen molar-refractivity contribution in [3.8, 4) is 0 Å². The molecule has 2 atom stereocenters. The predicted octanol–water partition coefficient (Wildman–Crippen LogP) is 10.2. The molecule has 44 heavy (non-hydrogen) atoms. The van der Waals surface area contributed by atoms with E-state index in [0.29, 0.717) is 13.0 Å². The van der Waals surface area contributed by atoms with Crippen LogP contribution < -0.4 is 5.73 Å². The van der Waals surface area contributed by atoms with Gasteiger partial charge in [0.15, 0.2) is 0 Å².